The Morgan fingerprint density at radius 3 is 2.70 bits per heavy atom. The molecule has 2 heterocycles. The summed E-state index contributed by atoms with van der Waals surface area (Å²) in [5.74, 6) is 1.66. The van der Waals surface area contributed by atoms with Gasteiger partial charge in [-0.25, -0.2) is 4.98 Å². The maximum absolute atomic E-state index is 12.8. The van der Waals surface area contributed by atoms with E-state index in [0.717, 1.165) is 41.7 Å². The highest BCUT2D eigenvalue weighted by molar-refractivity contribution is 6.04. The van der Waals surface area contributed by atoms with Crippen molar-refractivity contribution >= 4 is 22.8 Å². The van der Waals surface area contributed by atoms with Gasteiger partial charge in [0, 0.05) is 11.6 Å². The van der Waals surface area contributed by atoms with Crippen molar-refractivity contribution in [1.29, 1.82) is 0 Å². The van der Waals surface area contributed by atoms with Gasteiger partial charge in [-0.05, 0) is 49.7 Å². The predicted molar refractivity (Wildman–Crippen MR) is 117 cm³/mol. The minimum atomic E-state index is -0.218. The Hall–Kier alpha value is -3.61. The summed E-state index contributed by atoms with van der Waals surface area (Å²) in [6.45, 7) is 4.73. The number of hydrogen-bond donors (Lipinski definition) is 2. The number of ether oxygens (including phenoxy) is 1. The second-order valence-corrected chi connectivity index (χ2v) is 7.19. The smallest absolute Gasteiger partial charge is 0.256 e. The lowest BCUT2D eigenvalue weighted by Crippen LogP contribution is -2.15. The first-order chi connectivity index (χ1) is 14.6. The van der Waals surface area contributed by atoms with E-state index in [1.807, 2.05) is 49.4 Å². The molecule has 0 aliphatic carbocycles. The first-order valence-corrected chi connectivity index (χ1v) is 10.2. The van der Waals surface area contributed by atoms with Gasteiger partial charge in [0.2, 0.25) is 5.95 Å². The van der Waals surface area contributed by atoms with Crippen molar-refractivity contribution in [2.75, 3.05) is 11.9 Å². The summed E-state index contributed by atoms with van der Waals surface area (Å²) in [5, 5.41) is 7.40. The van der Waals surface area contributed by atoms with E-state index in [1.165, 1.54) is 0 Å². The van der Waals surface area contributed by atoms with Gasteiger partial charge in [-0.1, -0.05) is 31.9 Å². The molecule has 7 heteroatoms. The quantitative estimate of drug-likeness (QED) is 0.411. The Morgan fingerprint density at radius 1 is 1.13 bits per heavy atom. The maximum Gasteiger partial charge on any atom is 0.256 e. The number of benzene rings is 2. The molecule has 154 valence electrons. The average Bonchev–Trinajstić information content (AvgIpc) is 3.34. The number of imidazole rings is 1. The molecular formula is C23H25N5O2. The molecule has 0 unspecified atom stereocenters. The van der Waals surface area contributed by atoms with E-state index in [-0.39, 0.29) is 5.91 Å². The number of aromatic amines is 1. The Labute approximate surface area is 175 Å². The third-order valence-electron chi connectivity index (χ3n) is 4.78. The number of aryl methyl sites for hydroxylation is 1. The molecule has 0 aliphatic rings. The van der Waals surface area contributed by atoms with Gasteiger partial charge in [0.15, 0.2) is 0 Å². The molecule has 2 aromatic carbocycles. The number of carbonyl (C=O) groups is 1. The van der Waals surface area contributed by atoms with Crippen molar-refractivity contribution in [3.8, 4) is 11.7 Å². The number of H-pyrrole nitrogens is 1. The molecule has 0 fully saturated rings. The second kappa shape index (κ2) is 8.82. The number of hydrogen-bond acceptors (Lipinski definition) is 4. The van der Waals surface area contributed by atoms with Crippen LogP contribution in [-0.2, 0) is 0 Å². The van der Waals surface area contributed by atoms with Crippen molar-refractivity contribution in [3.05, 3.63) is 65.9 Å². The normalized spacial score (nSPS) is 11.0. The molecule has 0 aliphatic heterocycles. The van der Waals surface area contributed by atoms with Gasteiger partial charge in [-0.3, -0.25) is 4.79 Å². The number of fused-ring (bicyclic) bond motifs is 1. The van der Waals surface area contributed by atoms with Gasteiger partial charge in [0.05, 0.1) is 23.3 Å². The zero-order valence-corrected chi connectivity index (χ0v) is 17.2. The number of carbonyl (C=O) groups excluding carboxylic acids is 1. The minimum absolute atomic E-state index is 0.218. The lowest BCUT2D eigenvalue weighted by atomic mass is 10.2. The van der Waals surface area contributed by atoms with Gasteiger partial charge in [-0.15, -0.1) is 0 Å². The van der Waals surface area contributed by atoms with E-state index in [1.54, 1.807) is 16.8 Å². The van der Waals surface area contributed by atoms with Gasteiger partial charge >= 0.3 is 0 Å². The number of rotatable bonds is 8. The molecule has 7 nitrogen and oxygen atoms in total. The van der Waals surface area contributed by atoms with E-state index in [2.05, 4.69) is 27.3 Å². The molecule has 0 spiro atoms. The van der Waals surface area contributed by atoms with Crippen LogP contribution in [0.1, 0.15) is 42.2 Å². The van der Waals surface area contributed by atoms with Crippen LogP contribution >= 0.6 is 0 Å². The first-order valence-electron chi connectivity index (χ1n) is 10.2. The van der Waals surface area contributed by atoms with Crippen LogP contribution in [0.5, 0.6) is 5.75 Å². The molecule has 30 heavy (non-hydrogen) atoms. The highest BCUT2D eigenvalue weighted by atomic mass is 16.5. The van der Waals surface area contributed by atoms with Crippen LogP contribution < -0.4 is 10.1 Å². The van der Waals surface area contributed by atoms with Crippen LogP contribution in [0.3, 0.4) is 0 Å². The second-order valence-electron chi connectivity index (χ2n) is 7.19. The largest absolute Gasteiger partial charge is 0.494 e. The standard InChI is InChI=1S/C23H25N5O2/c1-3-4-7-14-30-18-12-10-17(11-13-18)22(29)26-21-15-16(2)27-28(21)23-24-19-8-5-6-9-20(19)25-23/h5-6,8-13,15H,3-4,7,14H2,1-2H3,(H,24,25)(H,26,29). The highest BCUT2D eigenvalue weighted by Gasteiger charge is 2.15. The fourth-order valence-corrected chi connectivity index (χ4v) is 3.22. The van der Waals surface area contributed by atoms with Crippen LogP contribution in [0.2, 0.25) is 0 Å². The molecule has 0 saturated heterocycles. The highest BCUT2D eigenvalue weighted by Crippen LogP contribution is 2.20. The zero-order valence-electron chi connectivity index (χ0n) is 17.2. The molecule has 4 aromatic rings. The Kier molecular flexibility index (Phi) is 5.79. The third-order valence-corrected chi connectivity index (χ3v) is 4.78. The van der Waals surface area contributed by atoms with E-state index in [9.17, 15) is 4.79 Å². The molecule has 0 atom stereocenters. The number of nitrogens with zero attached hydrogens (tertiary/aromatic N) is 3. The van der Waals surface area contributed by atoms with Gasteiger partial charge in [0.25, 0.3) is 5.91 Å². The maximum atomic E-state index is 12.8. The SMILES string of the molecule is CCCCCOc1ccc(C(=O)Nc2cc(C)nn2-c2nc3ccccc3[nH]2)cc1. The van der Waals surface area contributed by atoms with E-state index < -0.39 is 0 Å². The number of aromatic nitrogens is 4. The van der Waals surface area contributed by atoms with Crippen molar-refractivity contribution in [2.45, 2.75) is 33.1 Å². The molecule has 2 aromatic heterocycles. The van der Waals surface area contributed by atoms with E-state index >= 15 is 0 Å². The first kappa shape index (κ1) is 19.7. The molecule has 1 amide bonds. The predicted octanol–water partition coefficient (Wildman–Crippen LogP) is 4.88. The summed E-state index contributed by atoms with van der Waals surface area (Å²) in [7, 11) is 0. The zero-order chi connectivity index (χ0) is 20.9. The number of para-hydroxylation sites is 2. The number of anilines is 1. The van der Waals surface area contributed by atoms with Gasteiger partial charge in [0.1, 0.15) is 11.6 Å². The van der Waals surface area contributed by atoms with Crippen molar-refractivity contribution in [2.24, 2.45) is 0 Å². The lowest BCUT2D eigenvalue weighted by molar-refractivity contribution is 0.102. The monoisotopic (exact) mass is 403 g/mol. The third kappa shape index (κ3) is 4.35. The molecular weight excluding hydrogens is 378 g/mol. The van der Waals surface area contributed by atoms with Crippen molar-refractivity contribution in [3.63, 3.8) is 0 Å². The summed E-state index contributed by atoms with van der Waals surface area (Å²) in [6.07, 6.45) is 3.34. The average molecular weight is 403 g/mol. The number of unbranched alkanes of at least 4 members (excludes halogenated alkanes) is 2. The number of nitrogens with one attached hydrogen (secondary N) is 2. The molecule has 0 radical (unpaired) electrons. The summed E-state index contributed by atoms with van der Waals surface area (Å²) < 4.78 is 7.32. The fourth-order valence-electron chi connectivity index (χ4n) is 3.22. The van der Waals surface area contributed by atoms with Crippen LogP contribution in [0.4, 0.5) is 5.82 Å². The summed E-state index contributed by atoms with van der Waals surface area (Å²) in [5.41, 5.74) is 3.08. The van der Waals surface area contributed by atoms with Crippen molar-refractivity contribution in [1.82, 2.24) is 19.7 Å². The van der Waals surface area contributed by atoms with Crippen LogP contribution in [0.25, 0.3) is 17.0 Å². The molecule has 2 N–H and O–H groups in total. The Bertz CT molecular complexity index is 1110. The summed E-state index contributed by atoms with van der Waals surface area (Å²) in [6, 6.07) is 16.7. The summed E-state index contributed by atoms with van der Waals surface area (Å²) in [4.78, 5) is 20.6. The topological polar surface area (TPSA) is 84.8 Å². The van der Waals surface area contributed by atoms with E-state index in [0.29, 0.717) is 23.9 Å². The Morgan fingerprint density at radius 2 is 1.93 bits per heavy atom. The van der Waals surface area contributed by atoms with E-state index in [4.69, 9.17) is 4.74 Å². The van der Waals surface area contributed by atoms with Crippen LogP contribution in [0.15, 0.2) is 54.6 Å². The fraction of sp³-hybridized carbons (Fsp3) is 0.261. The molecule has 0 bridgehead atoms. The molecule has 0 saturated carbocycles. The Balaban J connectivity index is 1.48. The van der Waals surface area contributed by atoms with Gasteiger partial charge in [-0.2, -0.15) is 9.78 Å². The van der Waals surface area contributed by atoms with Crippen LogP contribution in [-0.4, -0.2) is 32.3 Å². The van der Waals surface area contributed by atoms with Gasteiger partial charge < -0.3 is 15.0 Å². The summed E-state index contributed by atoms with van der Waals surface area (Å²) >= 11 is 0. The molecule has 4 rings (SSSR count). The minimum Gasteiger partial charge on any atom is -0.494 e. The van der Waals surface area contributed by atoms with Crippen LogP contribution in [0, 0.1) is 6.92 Å². The number of amides is 1. The van der Waals surface area contributed by atoms with Crippen molar-refractivity contribution < 1.29 is 9.53 Å². The lowest BCUT2D eigenvalue weighted by Gasteiger charge is -2.08.